The number of aromatic nitrogens is 5. The topological polar surface area (TPSA) is 88.8 Å². The minimum absolute atomic E-state index is 0.113. The number of rotatable bonds is 6. The molecule has 0 spiro atoms. The fraction of sp³-hybridized carbons (Fsp3) is 0.217. The summed E-state index contributed by atoms with van der Waals surface area (Å²) in [5.41, 5.74) is 5.74. The number of imidazole rings is 1. The van der Waals surface area contributed by atoms with E-state index in [0.717, 1.165) is 22.8 Å². The number of aryl methyl sites for hydroxylation is 2. The maximum atomic E-state index is 9.82. The van der Waals surface area contributed by atoms with Crippen LogP contribution in [0.1, 0.15) is 35.5 Å². The lowest BCUT2D eigenvalue weighted by atomic mass is 10.1. The highest BCUT2D eigenvalue weighted by Crippen LogP contribution is 2.24. The molecule has 3 heterocycles. The Morgan fingerprint density at radius 2 is 1.83 bits per heavy atom. The Labute approximate surface area is 175 Å². The van der Waals surface area contributed by atoms with E-state index in [4.69, 9.17) is 0 Å². The van der Waals surface area contributed by atoms with Crippen molar-refractivity contribution in [3.05, 3.63) is 83.6 Å². The number of benzene rings is 1. The molecular formula is C23H24N6O. The molecule has 152 valence electrons. The van der Waals surface area contributed by atoms with E-state index in [1.54, 1.807) is 6.33 Å². The second kappa shape index (κ2) is 8.42. The van der Waals surface area contributed by atoms with Crippen LogP contribution in [0.5, 0.6) is 0 Å². The normalized spacial score (nSPS) is 12.0. The van der Waals surface area contributed by atoms with Crippen molar-refractivity contribution in [2.45, 2.75) is 33.4 Å². The molecule has 4 rings (SSSR count). The van der Waals surface area contributed by atoms with E-state index < -0.39 is 0 Å². The summed E-state index contributed by atoms with van der Waals surface area (Å²) in [5, 5.41) is 22.0. The number of anilines is 1. The van der Waals surface area contributed by atoms with Crippen molar-refractivity contribution in [3.8, 4) is 17.1 Å². The summed E-state index contributed by atoms with van der Waals surface area (Å²) in [6.45, 7) is 5.83. The van der Waals surface area contributed by atoms with Gasteiger partial charge in [0.1, 0.15) is 5.69 Å². The zero-order valence-corrected chi connectivity index (χ0v) is 17.2. The van der Waals surface area contributed by atoms with Crippen molar-refractivity contribution in [2.75, 3.05) is 5.32 Å². The van der Waals surface area contributed by atoms with Gasteiger partial charge in [0, 0.05) is 6.20 Å². The quantitative estimate of drug-likeness (QED) is 0.508. The highest BCUT2D eigenvalue weighted by atomic mass is 16.3. The summed E-state index contributed by atoms with van der Waals surface area (Å²) in [7, 11) is 0. The predicted molar refractivity (Wildman–Crippen MR) is 116 cm³/mol. The van der Waals surface area contributed by atoms with Crippen molar-refractivity contribution in [1.29, 1.82) is 0 Å². The Balaban J connectivity index is 1.59. The molecule has 0 saturated carbocycles. The lowest BCUT2D eigenvalue weighted by molar-refractivity contribution is 0.276. The van der Waals surface area contributed by atoms with Crippen LogP contribution >= 0.6 is 0 Å². The standard InChI is InChI=1S/C23H24N6O/c1-15-11-20(27-28-23(15)25-17(3)18-7-5-4-6-8-18)19-9-10-22(21(13-30)26-19)29-12-16(2)24-14-29/h4-12,14,17,30H,13H2,1-3H3,(H,25,28)/t17-/m1/s1. The van der Waals surface area contributed by atoms with Gasteiger partial charge in [-0.3, -0.25) is 0 Å². The Kier molecular flexibility index (Phi) is 5.54. The average Bonchev–Trinajstić information content (AvgIpc) is 3.21. The van der Waals surface area contributed by atoms with E-state index in [-0.39, 0.29) is 12.6 Å². The van der Waals surface area contributed by atoms with Crippen LogP contribution in [-0.4, -0.2) is 29.8 Å². The lowest BCUT2D eigenvalue weighted by Gasteiger charge is -2.16. The molecule has 1 aromatic carbocycles. The van der Waals surface area contributed by atoms with E-state index in [0.29, 0.717) is 17.1 Å². The van der Waals surface area contributed by atoms with Crippen LogP contribution in [0.3, 0.4) is 0 Å². The minimum Gasteiger partial charge on any atom is -0.390 e. The fourth-order valence-electron chi connectivity index (χ4n) is 3.32. The molecule has 0 fully saturated rings. The summed E-state index contributed by atoms with van der Waals surface area (Å²) in [4.78, 5) is 8.84. The number of pyridine rings is 1. The molecule has 0 amide bonds. The predicted octanol–water partition coefficient (Wildman–Crippen LogP) is 4.01. The van der Waals surface area contributed by atoms with Crippen molar-refractivity contribution < 1.29 is 5.11 Å². The van der Waals surface area contributed by atoms with Crippen LogP contribution in [0.4, 0.5) is 5.82 Å². The molecule has 7 heteroatoms. The summed E-state index contributed by atoms with van der Waals surface area (Å²) in [6.07, 6.45) is 3.61. The second-order valence-electron chi connectivity index (χ2n) is 7.28. The van der Waals surface area contributed by atoms with Gasteiger partial charge in [-0.1, -0.05) is 30.3 Å². The highest BCUT2D eigenvalue weighted by Gasteiger charge is 2.13. The van der Waals surface area contributed by atoms with Gasteiger partial charge in [0.05, 0.1) is 41.7 Å². The second-order valence-corrected chi connectivity index (χ2v) is 7.28. The molecular weight excluding hydrogens is 376 g/mol. The zero-order valence-electron chi connectivity index (χ0n) is 17.2. The molecule has 4 aromatic rings. The highest BCUT2D eigenvalue weighted by molar-refractivity contribution is 5.60. The first-order chi connectivity index (χ1) is 14.5. The molecule has 0 bridgehead atoms. The van der Waals surface area contributed by atoms with Crippen LogP contribution in [-0.2, 0) is 6.61 Å². The molecule has 0 aliphatic carbocycles. The third kappa shape index (κ3) is 4.06. The first-order valence-electron chi connectivity index (χ1n) is 9.83. The molecule has 30 heavy (non-hydrogen) atoms. The van der Waals surface area contributed by atoms with Gasteiger partial charge in [0.2, 0.25) is 0 Å². The molecule has 0 aliphatic rings. The lowest BCUT2D eigenvalue weighted by Crippen LogP contribution is -2.10. The van der Waals surface area contributed by atoms with E-state index in [9.17, 15) is 5.11 Å². The smallest absolute Gasteiger partial charge is 0.152 e. The van der Waals surface area contributed by atoms with Crippen molar-refractivity contribution in [1.82, 2.24) is 24.7 Å². The molecule has 3 aromatic heterocycles. The number of hydrogen-bond acceptors (Lipinski definition) is 6. The van der Waals surface area contributed by atoms with Gasteiger partial charge in [0.25, 0.3) is 0 Å². The Morgan fingerprint density at radius 1 is 1.03 bits per heavy atom. The van der Waals surface area contributed by atoms with Crippen LogP contribution in [0.25, 0.3) is 17.1 Å². The van der Waals surface area contributed by atoms with E-state index in [1.165, 1.54) is 5.56 Å². The van der Waals surface area contributed by atoms with Crippen LogP contribution in [0, 0.1) is 13.8 Å². The maximum Gasteiger partial charge on any atom is 0.152 e. The third-order valence-electron chi connectivity index (χ3n) is 4.99. The zero-order chi connectivity index (χ0) is 21.1. The molecule has 0 radical (unpaired) electrons. The van der Waals surface area contributed by atoms with E-state index in [2.05, 4.69) is 44.5 Å². The third-order valence-corrected chi connectivity index (χ3v) is 4.99. The van der Waals surface area contributed by atoms with E-state index in [1.807, 2.05) is 61.0 Å². The van der Waals surface area contributed by atoms with Crippen molar-refractivity contribution >= 4 is 5.82 Å². The van der Waals surface area contributed by atoms with Gasteiger partial charge in [-0.15, -0.1) is 10.2 Å². The van der Waals surface area contributed by atoms with Crippen LogP contribution in [0.2, 0.25) is 0 Å². The summed E-state index contributed by atoms with van der Waals surface area (Å²) >= 11 is 0. The van der Waals surface area contributed by atoms with Crippen LogP contribution < -0.4 is 5.32 Å². The van der Waals surface area contributed by atoms with Crippen molar-refractivity contribution in [2.24, 2.45) is 0 Å². The van der Waals surface area contributed by atoms with Gasteiger partial charge in [-0.05, 0) is 50.1 Å². The number of aliphatic hydroxyl groups is 1. The summed E-state index contributed by atoms with van der Waals surface area (Å²) in [5.74, 6) is 0.739. The molecule has 0 saturated heterocycles. The van der Waals surface area contributed by atoms with Crippen LogP contribution in [0.15, 0.2) is 61.1 Å². The largest absolute Gasteiger partial charge is 0.390 e. The van der Waals surface area contributed by atoms with E-state index >= 15 is 0 Å². The summed E-state index contributed by atoms with van der Waals surface area (Å²) in [6, 6.07) is 16.1. The maximum absolute atomic E-state index is 9.82. The minimum atomic E-state index is -0.180. The molecule has 0 aliphatic heterocycles. The Morgan fingerprint density at radius 3 is 2.50 bits per heavy atom. The average molecular weight is 400 g/mol. The first-order valence-corrected chi connectivity index (χ1v) is 9.83. The van der Waals surface area contributed by atoms with Gasteiger partial charge in [-0.2, -0.15) is 0 Å². The number of aliphatic hydroxyl groups excluding tert-OH is 1. The number of nitrogens with one attached hydrogen (secondary N) is 1. The molecule has 1 atom stereocenters. The van der Waals surface area contributed by atoms with Gasteiger partial charge in [0.15, 0.2) is 5.82 Å². The first kappa shape index (κ1) is 19.7. The summed E-state index contributed by atoms with van der Waals surface area (Å²) < 4.78 is 1.85. The van der Waals surface area contributed by atoms with Gasteiger partial charge >= 0.3 is 0 Å². The van der Waals surface area contributed by atoms with Crippen molar-refractivity contribution in [3.63, 3.8) is 0 Å². The number of nitrogens with zero attached hydrogens (tertiary/aromatic N) is 5. The van der Waals surface area contributed by atoms with Gasteiger partial charge in [-0.25, -0.2) is 9.97 Å². The fourth-order valence-corrected chi connectivity index (χ4v) is 3.32. The molecule has 7 nitrogen and oxygen atoms in total. The SMILES string of the molecule is Cc1cn(-c2ccc(-c3cc(C)c(N[C@H](C)c4ccccc4)nn3)nc2CO)cn1. The molecule has 2 N–H and O–H groups in total. The Hall–Kier alpha value is -3.58. The molecule has 0 unspecified atom stereocenters. The van der Waals surface area contributed by atoms with Gasteiger partial charge < -0.3 is 15.0 Å². The number of hydrogen-bond donors (Lipinski definition) is 2. The Bertz CT molecular complexity index is 1160. The monoisotopic (exact) mass is 400 g/mol.